The smallest absolute Gasteiger partial charge is 0.188 e. The quantitative estimate of drug-likeness (QED) is 0.436. The molecule has 0 aromatic heterocycles. The highest BCUT2D eigenvalue weighted by atomic mass is 32.2. The maximum absolute atomic E-state index is 12.0. The number of aryl methyl sites for hydroxylation is 1. The normalized spacial score (nSPS) is 12.3. The average molecular weight is 357 g/mol. The van der Waals surface area contributed by atoms with Crippen molar-refractivity contribution in [3.8, 4) is 5.75 Å². The predicted octanol–water partition coefficient (Wildman–Crippen LogP) is 4.38. The van der Waals surface area contributed by atoms with E-state index < -0.39 is 14.6 Å². The molecule has 1 rings (SSSR count). The van der Waals surface area contributed by atoms with Gasteiger partial charge in [-0.1, -0.05) is 31.4 Å². The fourth-order valence-corrected chi connectivity index (χ4v) is 3.57. The minimum Gasteiger partial charge on any atom is -0.468 e. The number of ether oxygens (including phenoxy) is 2. The summed E-state index contributed by atoms with van der Waals surface area (Å²) >= 11 is 0. The third kappa shape index (κ3) is 7.67. The van der Waals surface area contributed by atoms with Crippen molar-refractivity contribution < 1.29 is 17.9 Å². The van der Waals surface area contributed by atoms with E-state index in [0.717, 1.165) is 44.3 Å². The van der Waals surface area contributed by atoms with Crippen LogP contribution in [0.15, 0.2) is 24.3 Å². The van der Waals surface area contributed by atoms with E-state index in [2.05, 4.69) is 12.1 Å². The van der Waals surface area contributed by atoms with Gasteiger partial charge < -0.3 is 9.47 Å². The summed E-state index contributed by atoms with van der Waals surface area (Å²) < 4.78 is 33.7. The van der Waals surface area contributed by atoms with E-state index in [1.54, 1.807) is 27.9 Å². The summed E-state index contributed by atoms with van der Waals surface area (Å²) in [6, 6.07) is 8.08. The molecule has 1 aromatic rings. The molecule has 0 aliphatic heterocycles. The van der Waals surface area contributed by atoms with Crippen LogP contribution in [0.3, 0.4) is 0 Å². The number of hydrogen-bond acceptors (Lipinski definition) is 4. The Morgan fingerprint density at radius 1 is 1.00 bits per heavy atom. The van der Waals surface area contributed by atoms with E-state index >= 15 is 0 Å². The second-order valence-corrected chi connectivity index (χ2v) is 10.0. The molecule has 0 atom stereocenters. The van der Waals surface area contributed by atoms with Gasteiger partial charge in [0.2, 0.25) is 0 Å². The van der Waals surface area contributed by atoms with Gasteiger partial charge in [0.1, 0.15) is 5.75 Å². The number of benzene rings is 1. The lowest BCUT2D eigenvalue weighted by Crippen LogP contribution is -2.30. The van der Waals surface area contributed by atoms with Crippen molar-refractivity contribution in [1.82, 2.24) is 0 Å². The summed E-state index contributed by atoms with van der Waals surface area (Å²) in [5.41, 5.74) is 1.26. The van der Waals surface area contributed by atoms with Crippen LogP contribution in [0.4, 0.5) is 0 Å². The maximum Gasteiger partial charge on any atom is 0.188 e. The zero-order valence-electron chi connectivity index (χ0n) is 15.5. The third-order valence-corrected chi connectivity index (χ3v) is 6.75. The number of unbranched alkanes of at least 4 members (excludes halogenated alkanes) is 4. The molecule has 0 N–H and O–H groups in total. The van der Waals surface area contributed by atoms with Crippen LogP contribution >= 0.6 is 0 Å². The van der Waals surface area contributed by atoms with Gasteiger partial charge in [0.15, 0.2) is 16.6 Å². The number of sulfone groups is 1. The van der Waals surface area contributed by atoms with Gasteiger partial charge in [0, 0.05) is 7.11 Å². The molecule has 0 aliphatic rings. The van der Waals surface area contributed by atoms with Crippen molar-refractivity contribution >= 4 is 9.84 Å². The zero-order valence-corrected chi connectivity index (χ0v) is 16.3. The topological polar surface area (TPSA) is 52.6 Å². The average Bonchev–Trinajstić information content (AvgIpc) is 2.51. The van der Waals surface area contributed by atoms with E-state index in [9.17, 15) is 8.42 Å². The van der Waals surface area contributed by atoms with E-state index in [-0.39, 0.29) is 6.79 Å². The van der Waals surface area contributed by atoms with Crippen molar-refractivity contribution in [2.24, 2.45) is 0 Å². The second kappa shape index (κ2) is 10.0. The van der Waals surface area contributed by atoms with Crippen LogP contribution in [-0.2, 0) is 21.0 Å². The molecule has 1 aromatic carbocycles. The SMILES string of the molecule is COCOc1cccc(CCCCCCCS(=O)(=O)C(C)(C)C)c1. The summed E-state index contributed by atoms with van der Waals surface area (Å²) in [7, 11) is -1.36. The molecule has 0 bridgehead atoms. The number of hydrogen-bond donors (Lipinski definition) is 0. The molecule has 4 nitrogen and oxygen atoms in total. The van der Waals surface area contributed by atoms with Crippen LogP contribution in [0.5, 0.6) is 5.75 Å². The highest BCUT2D eigenvalue weighted by molar-refractivity contribution is 7.92. The molecule has 138 valence electrons. The molecule has 0 saturated carbocycles. The van der Waals surface area contributed by atoms with Gasteiger partial charge in [0.05, 0.1) is 10.5 Å². The summed E-state index contributed by atoms with van der Waals surface area (Å²) in [6.07, 6.45) is 6.08. The van der Waals surface area contributed by atoms with E-state index in [0.29, 0.717) is 5.75 Å². The molecule has 0 fully saturated rings. The van der Waals surface area contributed by atoms with Crippen LogP contribution < -0.4 is 4.74 Å². The molecule has 0 saturated heterocycles. The largest absolute Gasteiger partial charge is 0.468 e. The Labute approximate surface area is 147 Å². The minimum absolute atomic E-state index is 0.265. The van der Waals surface area contributed by atoms with Crippen molar-refractivity contribution in [3.05, 3.63) is 29.8 Å². The lowest BCUT2D eigenvalue weighted by Gasteiger charge is -2.18. The summed E-state index contributed by atoms with van der Waals surface area (Å²) in [6.45, 7) is 5.58. The van der Waals surface area contributed by atoms with Crippen LogP contribution in [0.1, 0.15) is 58.4 Å². The Hall–Kier alpha value is -1.07. The Balaban J connectivity index is 2.19. The lowest BCUT2D eigenvalue weighted by molar-refractivity contribution is 0.0511. The Bertz CT molecular complexity index is 573. The molecule has 0 radical (unpaired) electrons. The Morgan fingerprint density at radius 3 is 2.33 bits per heavy atom. The van der Waals surface area contributed by atoms with Crippen molar-refractivity contribution in [2.45, 2.75) is 64.0 Å². The van der Waals surface area contributed by atoms with Gasteiger partial charge in [0.25, 0.3) is 0 Å². The summed E-state index contributed by atoms with van der Waals surface area (Å²) in [5, 5.41) is 0. The van der Waals surface area contributed by atoms with E-state index in [1.807, 2.05) is 12.1 Å². The zero-order chi connectivity index (χ0) is 18.1. The van der Waals surface area contributed by atoms with Gasteiger partial charge in [-0.2, -0.15) is 0 Å². The van der Waals surface area contributed by atoms with Gasteiger partial charge in [-0.3, -0.25) is 0 Å². The van der Waals surface area contributed by atoms with Gasteiger partial charge in [-0.05, 0) is 57.7 Å². The first-order chi connectivity index (χ1) is 11.3. The first kappa shape index (κ1) is 21.0. The van der Waals surface area contributed by atoms with Crippen molar-refractivity contribution in [1.29, 1.82) is 0 Å². The predicted molar refractivity (Wildman–Crippen MR) is 99.3 cm³/mol. The number of rotatable bonds is 11. The van der Waals surface area contributed by atoms with Crippen LogP contribution in [-0.4, -0.2) is 32.8 Å². The molecule has 0 amide bonds. The third-order valence-electron chi connectivity index (χ3n) is 4.05. The van der Waals surface area contributed by atoms with Crippen molar-refractivity contribution in [3.63, 3.8) is 0 Å². The summed E-state index contributed by atoms with van der Waals surface area (Å²) in [5.74, 6) is 1.14. The molecule has 5 heteroatoms. The van der Waals surface area contributed by atoms with Crippen molar-refractivity contribution in [2.75, 3.05) is 19.7 Å². The summed E-state index contributed by atoms with van der Waals surface area (Å²) in [4.78, 5) is 0. The highest BCUT2D eigenvalue weighted by Gasteiger charge is 2.27. The van der Waals surface area contributed by atoms with E-state index in [4.69, 9.17) is 9.47 Å². The molecular weight excluding hydrogens is 324 g/mol. The molecule has 0 aliphatic carbocycles. The maximum atomic E-state index is 12.0. The van der Waals surface area contributed by atoms with Crippen LogP contribution in [0.25, 0.3) is 0 Å². The van der Waals surface area contributed by atoms with Crippen LogP contribution in [0.2, 0.25) is 0 Å². The van der Waals surface area contributed by atoms with E-state index in [1.165, 1.54) is 5.56 Å². The second-order valence-electron chi connectivity index (χ2n) is 7.15. The Morgan fingerprint density at radius 2 is 1.67 bits per heavy atom. The van der Waals surface area contributed by atoms with Crippen LogP contribution in [0, 0.1) is 0 Å². The molecule has 24 heavy (non-hydrogen) atoms. The first-order valence-corrected chi connectivity index (χ1v) is 10.3. The fraction of sp³-hybridized carbons (Fsp3) is 0.684. The Kier molecular flexibility index (Phi) is 8.78. The standard InChI is InChI=1S/C19H32O4S/c1-19(2,3)24(20,21)14-9-7-5-6-8-11-17-12-10-13-18(15-17)23-16-22-4/h10,12-13,15H,5-9,11,14,16H2,1-4H3. The molecule has 0 unspecified atom stereocenters. The fourth-order valence-electron chi connectivity index (χ4n) is 2.38. The number of methoxy groups -OCH3 is 1. The first-order valence-electron chi connectivity index (χ1n) is 8.69. The molecule has 0 heterocycles. The minimum atomic E-state index is -2.97. The monoisotopic (exact) mass is 356 g/mol. The van der Waals surface area contributed by atoms with Gasteiger partial charge in [-0.25, -0.2) is 8.42 Å². The molecule has 0 spiro atoms. The molecular formula is C19H32O4S. The lowest BCUT2D eigenvalue weighted by atomic mass is 10.1. The highest BCUT2D eigenvalue weighted by Crippen LogP contribution is 2.19. The van der Waals surface area contributed by atoms with Gasteiger partial charge >= 0.3 is 0 Å². The van der Waals surface area contributed by atoms with Gasteiger partial charge in [-0.15, -0.1) is 0 Å².